The molecule has 1 N–H and O–H groups in total. The summed E-state index contributed by atoms with van der Waals surface area (Å²) in [6.07, 6.45) is 3.36. The molecule has 0 saturated heterocycles. The van der Waals surface area contributed by atoms with Gasteiger partial charge in [-0.15, -0.1) is 0 Å². The quantitative estimate of drug-likeness (QED) is 0.667. The van der Waals surface area contributed by atoms with Gasteiger partial charge in [0.1, 0.15) is 0 Å². The molecule has 0 spiro atoms. The van der Waals surface area contributed by atoms with Crippen LogP contribution in [0.3, 0.4) is 0 Å². The third kappa shape index (κ3) is 7.28. The second kappa shape index (κ2) is 9.53. The van der Waals surface area contributed by atoms with Gasteiger partial charge in [0.15, 0.2) is 0 Å². The Labute approximate surface area is 122 Å². The molecule has 5 heteroatoms. The maximum atomic E-state index is 5.59. The Hall–Kier alpha value is -1.36. The molecular formula is C15H27N3O2. The average molecular weight is 281 g/mol. The fourth-order valence-electron chi connectivity index (χ4n) is 1.64. The summed E-state index contributed by atoms with van der Waals surface area (Å²) < 4.78 is 11.1. The lowest BCUT2D eigenvalue weighted by atomic mass is 10.4. The lowest BCUT2D eigenvalue weighted by molar-refractivity contribution is 0.131. The Morgan fingerprint density at radius 3 is 2.65 bits per heavy atom. The lowest BCUT2D eigenvalue weighted by Gasteiger charge is -2.11. The Balaban J connectivity index is 2.30. The molecule has 1 aromatic heterocycles. The van der Waals surface area contributed by atoms with E-state index in [0.717, 1.165) is 38.3 Å². The number of anilines is 1. The van der Waals surface area contributed by atoms with Crippen LogP contribution in [0.1, 0.15) is 45.7 Å². The highest BCUT2D eigenvalue weighted by molar-refractivity contribution is 5.30. The van der Waals surface area contributed by atoms with Crippen LogP contribution in [0.5, 0.6) is 5.88 Å². The number of aromatic nitrogens is 2. The molecule has 0 aliphatic rings. The first kappa shape index (κ1) is 16.7. The maximum absolute atomic E-state index is 5.59. The number of hydrogen-bond donors (Lipinski definition) is 1. The standard InChI is InChI=1S/C15H27N3O2/c1-5-6-9-19-10-7-8-16-15-17-13(4)11-14(18-15)20-12(2)3/h11-12H,5-10H2,1-4H3,(H,16,17,18). The molecular weight excluding hydrogens is 254 g/mol. The van der Waals surface area contributed by atoms with E-state index in [9.17, 15) is 0 Å². The van der Waals surface area contributed by atoms with Gasteiger partial charge >= 0.3 is 0 Å². The highest BCUT2D eigenvalue weighted by atomic mass is 16.5. The molecule has 0 aromatic carbocycles. The van der Waals surface area contributed by atoms with Crippen molar-refractivity contribution in [3.8, 4) is 5.88 Å². The van der Waals surface area contributed by atoms with E-state index >= 15 is 0 Å². The molecule has 0 saturated carbocycles. The lowest BCUT2D eigenvalue weighted by Crippen LogP contribution is -2.12. The number of ether oxygens (including phenoxy) is 2. The highest BCUT2D eigenvalue weighted by Gasteiger charge is 2.04. The molecule has 5 nitrogen and oxygen atoms in total. The van der Waals surface area contributed by atoms with Crippen molar-refractivity contribution in [3.05, 3.63) is 11.8 Å². The van der Waals surface area contributed by atoms with Gasteiger partial charge in [-0.2, -0.15) is 4.98 Å². The minimum atomic E-state index is 0.115. The zero-order valence-electron chi connectivity index (χ0n) is 13.1. The van der Waals surface area contributed by atoms with Crippen molar-refractivity contribution in [1.82, 2.24) is 9.97 Å². The molecule has 0 aliphatic heterocycles. The third-order valence-electron chi connectivity index (χ3n) is 2.58. The van der Waals surface area contributed by atoms with Gasteiger partial charge in [0, 0.05) is 31.5 Å². The summed E-state index contributed by atoms with van der Waals surface area (Å²) in [6, 6.07) is 1.85. The van der Waals surface area contributed by atoms with Gasteiger partial charge in [-0.25, -0.2) is 4.98 Å². The van der Waals surface area contributed by atoms with E-state index in [0.29, 0.717) is 11.8 Å². The number of nitrogens with one attached hydrogen (secondary N) is 1. The van der Waals surface area contributed by atoms with Crippen molar-refractivity contribution in [1.29, 1.82) is 0 Å². The number of aryl methyl sites for hydroxylation is 1. The van der Waals surface area contributed by atoms with Crippen LogP contribution in [-0.4, -0.2) is 35.8 Å². The van der Waals surface area contributed by atoms with Gasteiger partial charge in [0.2, 0.25) is 11.8 Å². The summed E-state index contributed by atoms with van der Waals surface area (Å²) in [6.45, 7) is 10.5. The van der Waals surface area contributed by atoms with E-state index in [1.54, 1.807) is 0 Å². The van der Waals surface area contributed by atoms with Crippen LogP contribution >= 0.6 is 0 Å². The minimum Gasteiger partial charge on any atom is -0.475 e. The predicted molar refractivity (Wildman–Crippen MR) is 81.4 cm³/mol. The van der Waals surface area contributed by atoms with Crippen molar-refractivity contribution in [3.63, 3.8) is 0 Å². The van der Waals surface area contributed by atoms with Gasteiger partial charge in [0.25, 0.3) is 0 Å². The summed E-state index contributed by atoms with van der Waals surface area (Å²) in [5.74, 6) is 1.24. The van der Waals surface area contributed by atoms with Crippen molar-refractivity contribution < 1.29 is 9.47 Å². The first-order valence-electron chi connectivity index (χ1n) is 7.45. The molecule has 0 amide bonds. The highest BCUT2D eigenvalue weighted by Crippen LogP contribution is 2.13. The van der Waals surface area contributed by atoms with E-state index in [1.807, 2.05) is 26.8 Å². The molecule has 0 unspecified atom stereocenters. The zero-order valence-corrected chi connectivity index (χ0v) is 13.1. The van der Waals surface area contributed by atoms with Crippen LogP contribution in [0.2, 0.25) is 0 Å². The van der Waals surface area contributed by atoms with Crippen molar-refractivity contribution in [2.24, 2.45) is 0 Å². The Morgan fingerprint density at radius 1 is 1.20 bits per heavy atom. The number of rotatable bonds is 10. The molecule has 1 heterocycles. The second-order valence-electron chi connectivity index (χ2n) is 5.08. The minimum absolute atomic E-state index is 0.115. The number of unbranched alkanes of at least 4 members (excludes halogenated alkanes) is 1. The smallest absolute Gasteiger partial charge is 0.226 e. The van der Waals surface area contributed by atoms with Crippen LogP contribution < -0.4 is 10.1 Å². The second-order valence-corrected chi connectivity index (χ2v) is 5.08. The van der Waals surface area contributed by atoms with Gasteiger partial charge in [-0.3, -0.25) is 0 Å². The van der Waals surface area contributed by atoms with E-state index in [4.69, 9.17) is 9.47 Å². The van der Waals surface area contributed by atoms with Gasteiger partial charge < -0.3 is 14.8 Å². The molecule has 0 radical (unpaired) electrons. The Bertz CT molecular complexity index is 383. The predicted octanol–water partition coefficient (Wildman–Crippen LogP) is 3.19. The third-order valence-corrected chi connectivity index (χ3v) is 2.58. The molecule has 20 heavy (non-hydrogen) atoms. The van der Waals surface area contributed by atoms with Gasteiger partial charge in [-0.1, -0.05) is 13.3 Å². The van der Waals surface area contributed by atoms with E-state index in [-0.39, 0.29) is 6.10 Å². The first-order valence-corrected chi connectivity index (χ1v) is 7.45. The van der Waals surface area contributed by atoms with Gasteiger partial charge in [0.05, 0.1) is 6.10 Å². The fraction of sp³-hybridized carbons (Fsp3) is 0.733. The average Bonchev–Trinajstić information content (AvgIpc) is 2.36. The summed E-state index contributed by atoms with van der Waals surface area (Å²) in [4.78, 5) is 8.68. The van der Waals surface area contributed by atoms with Crippen LogP contribution in [0, 0.1) is 6.92 Å². The fourth-order valence-corrected chi connectivity index (χ4v) is 1.64. The van der Waals surface area contributed by atoms with Crippen LogP contribution in [0.15, 0.2) is 6.07 Å². The molecule has 0 atom stereocenters. The Kier molecular flexibility index (Phi) is 7.95. The molecule has 1 aromatic rings. The molecule has 0 bridgehead atoms. The largest absolute Gasteiger partial charge is 0.475 e. The summed E-state index contributed by atoms with van der Waals surface area (Å²) in [5.41, 5.74) is 0.900. The van der Waals surface area contributed by atoms with Crippen LogP contribution in [0.25, 0.3) is 0 Å². The SMILES string of the molecule is CCCCOCCCNc1nc(C)cc(OC(C)C)n1. The van der Waals surface area contributed by atoms with Crippen LogP contribution in [0.4, 0.5) is 5.95 Å². The van der Waals surface area contributed by atoms with Crippen molar-refractivity contribution in [2.45, 2.75) is 53.1 Å². The molecule has 0 aliphatic carbocycles. The number of nitrogens with zero attached hydrogens (tertiary/aromatic N) is 2. The summed E-state index contributed by atoms with van der Waals surface area (Å²) in [5, 5.41) is 3.21. The van der Waals surface area contributed by atoms with Crippen molar-refractivity contribution >= 4 is 5.95 Å². The van der Waals surface area contributed by atoms with E-state index in [2.05, 4.69) is 22.2 Å². The maximum Gasteiger partial charge on any atom is 0.226 e. The molecule has 0 fully saturated rings. The van der Waals surface area contributed by atoms with Gasteiger partial charge in [-0.05, 0) is 33.6 Å². The number of hydrogen-bond acceptors (Lipinski definition) is 5. The Morgan fingerprint density at radius 2 is 1.95 bits per heavy atom. The van der Waals surface area contributed by atoms with Crippen LogP contribution in [-0.2, 0) is 4.74 Å². The van der Waals surface area contributed by atoms with E-state index in [1.165, 1.54) is 6.42 Å². The normalized spacial score (nSPS) is 10.8. The molecule has 1 rings (SSSR count). The summed E-state index contributed by atoms with van der Waals surface area (Å²) in [7, 11) is 0. The summed E-state index contributed by atoms with van der Waals surface area (Å²) >= 11 is 0. The van der Waals surface area contributed by atoms with E-state index < -0.39 is 0 Å². The van der Waals surface area contributed by atoms with Crippen molar-refractivity contribution in [2.75, 3.05) is 25.1 Å². The topological polar surface area (TPSA) is 56.3 Å². The molecule has 114 valence electrons. The monoisotopic (exact) mass is 281 g/mol. The zero-order chi connectivity index (χ0) is 14.8. The first-order chi connectivity index (χ1) is 9.61.